The highest BCUT2D eigenvalue weighted by Gasteiger charge is 2.28. The van der Waals surface area contributed by atoms with E-state index in [4.69, 9.17) is 20.9 Å². The van der Waals surface area contributed by atoms with Crippen molar-refractivity contribution >= 4 is 17.5 Å². The van der Waals surface area contributed by atoms with Gasteiger partial charge in [0, 0.05) is 42.7 Å². The number of benzene rings is 2. The van der Waals surface area contributed by atoms with Crippen LogP contribution in [0.1, 0.15) is 55.5 Å². The second kappa shape index (κ2) is 14.9. The number of ether oxygens (including phenoxy) is 2. The number of rotatable bonds is 13. The molecular formula is C32H47N5O4. The molecule has 2 aromatic carbocycles. The Morgan fingerprint density at radius 3 is 2.15 bits per heavy atom. The lowest BCUT2D eigenvalue weighted by Crippen LogP contribution is -2.42. The first kappa shape index (κ1) is 32.0. The van der Waals surface area contributed by atoms with Crippen LogP contribution in [0.15, 0.2) is 47.7 Å². The number of carbonyl (C=O) groups is 2. The van der Waals surface area contributed by atoms with Gasteiger partial charge in [-0.15, -0.1) is 0 Å². The summed E-state index contributed by atoms with van der Waals surface area (Å²) in [5.74, 6) is -0.167. The van der Waals surface area contributed by atoms with Crippen molar-refractivity contribution in [3.63, 3.8) is 0 Å². The first-order chi connectivity index (χ1) is 19.6. The van der Waals surface area contributed by atoms with E-state index in [1.807, 2.05) is 37.3 Å². The lowest BCUT2D eigenvalue weighted by molar-refractivity contribution is -0.114. The molecule has 224 valence electrons. The number of allylic oxidation sites excluding steroid dienone is 1. The summed E-state index contributed by atoms with van der Waals surface area (Å²) in [6.07, 6.45) is 4.48. The molecular weight excluding hydrogens is 518 g/mol. The van der Waals surface area contributed by atoms with Gasteiger partial charge in [-0.3, -0.25) is 9.59 Å². The quantitative estimate of drug-likeness (QED) is 0.249. The second-order valence-corrected chi connectivity index (χ2v) is 11.0. The van der Waals surface area contributed by atoms with Crippen LogP contribution in [0.25, 0.3) is 11.1 Å². The molecule has 0 bridgehead atoms. The lowest BCUT2D eigenvalue weighted by Gasteiger charge is -2.40. The molecule has 0 spiro atoms. The van der Waals surface area contributed by atoms with E-state index >= 15 is 0 Å². The standard InChI is InChI=1S/C32H47N5O4/c1-7-37(26-12-10-25(11-13-26)36(4)5)30-19-24(23-8-14-27(15-9-23)41-17-16-40-6)18-28(21(30)2)32(39)35-20-29(22(3)33)31(34)38/h8-9,14-15,18-19,25-26H,7,10-13,16-17,20,33H2,1-6H3,(H2,34,38)(H,35,39)/b29-22-. The van der Waals surface area contributed by atoms with E-state index < -0.39 is 5.91 Å². The number of carbonyl (C=O) groups excluding carboxylic acids is 2. The van der Waals surface area contributed by atoms with Gasteiger partial charge in [-0.25, -0.2) is 0 Å². The number of amides is 2. The van der Waals surface area contributed by atoms with Gasteiger partial charge >= 0.3 is 0 Å². The summed E-state index contributed by atoms with van der Waals surface area (Å²) in [4.78, 5) is 30.2. The largest absolute Gasteiger partial charge is 0.491 e. The molecule has 1 fully saturated rings. The van der Waals surface area contributed by atoms with Crippen LogP contribution in [-0.4, -0.2) is 76.3 Å². The number of nitrogens with two attached hydrogens (primary N) is 2. The summed E-state index contributed by atoms with van der Waals surface area (Å²) in [5, 5.41) is 2.87. The van der Waals surface area contributed by atoms with Gasteiger partial charge in [0.1, 0.15) is 12.4 Å². The Bertz CT molecular complexity index is 1210. The molecule has 2 aromatic rings. The van der Waals surface area contributed by atoms with E-state index in [-0.39, 0.29) is 18.0 Å². The normalized spacial score (nSPS) is 17.6. The van der Waals surface area contributed by atoms with Crippen LogP contribution in [-0.2, 0) is 9.53 Å². The topological polar surface area (TPSA) is 123 Å². The third-order valence-corrected chi connectivity index (χ3v) is 8.06. The number of anilines is 1. The summed E-state index contributed by atoms with van der Waals surface area (Å²) in [5.41, 5.74) is 16.2. The van der Waals surface area contributed by atoms with Gasteiger partial charge in [-0.2, -0.15) is 0 Å². The Hall–Kier alpha value is -3.56. The zero-order valence-electron chi connectivity index (χ0n) is 25.5. The van der Waals surface area contributed by atoms with Crippen LogP contribution in [0.3, 0.4) is 0 Å². The molecule has 41 heavy (non-hydrogen) atoms. The summed E-state index contributed by atoms with van der Waals surface area (Å²) in [6, 6.07) is 13.0. The van der Waals surface area contributed by atoms with Crippen LogP contribution in [0.5, 0.6) is 5.75 Å². The molecule has 0 saturated heterocycles. The number of hydrogen-bond acceptors (Lipinski definition) is 7. The van der Waals surface area contributed by atoms with Gasteiger partial charge in [0.2, 0.25) is 5.91 Å². The molecule has 0 atom stereocenters. The SMILES string of the molecule is CCN(c1cc(-c2ccc(OCCOC)cc2)cc(C(=O)NC/C(C(N)=O)=C(\C)N)c1C)C1CCC(N(C)C)CC1. The predicted octanol–water partition coefficient (Wildman–Crippen LogP) is 3.83. The summed E-state index contributed by atoms with van der Waals surface area (Å²) in [6.45, 7) is 7.55. The fraction of sp³-hybridized carbons (Fsp3) is 0.500. The molecule has 9 nitrogen and oxygen atoms in total. The number of nitrogens with one attached hydrogen (secondary N) is 1. The maximum atomic E-state index is 13.6. The number of nitrogens with zero attached hydrogens (tertiary/aromatic N) is 2. The highest BCUT2D eigenvalue weighted by molar-refractivity contribution is 6.00. The van der Waals surface area contributed by atoms with Gasteiger partial charge in [0.15, 0.2) is 0 Å². The van der Waals surface area contributed by atoms with Crippen LogP contribution in [0.4, 0.5) is 5.69 Å². The molecule has 0 unspecified atom stereocenters. The minimum Gasteiger partial charge on any atom is -0.491 e. The van der Waals surface area contributed by atoms with E-state index in [0.717, 1.165) is 60.4 Å². The fourth-order valence-corrected chi connectivity index (χ4v) is 5.58. The smallest absolute Gasteiger partial charge is 0.251 e. The minimum atomic E-state index is -0.644. The Labute approximate surface area is 244 Å². The van der Waals surface area contributed by atoms with Crippen molar-refractivity contribution in [1.29, 1.82) is 0 Å². The highest BCUT2D eigenvalue weighted by atomic mass is 16.5. The average molecular weight is 566 g/mol. The lowest BCUT2D eigenvalue weighted by atomic mass is 9.88. The Kier molecular flexibility index (Phi) is 11.6. The number of methoxy groups -OCH3 is 1. The van der Waals surface area contributed by atoms with E-state index in [2.05, 4.69) is 42.2 Å². The molecule has 1 aliphatic rings. The predicted molar refractivity (Wildman–Crippen MR) is 165 cm³/mol. The van der Waals surface area contributed by atoms with Crippen LogP contribution < -0.4 is 26.4 Å². The third-order valence-electron chi connectivity index (χ3n) is 8.06. The molecule has 9 heteroatoms. The Balaban J connectivity index is 1.99. The zero-order valence-corrected chi connectivity index (χ0v) is 25.5. The Morgan fingerprint density at radius 2 is 1.61 bits per heavy atom. The molecule has 3 rings (SSSR count). The van der Waals surface area contributed by atoms with Gasteiger partial charge in [-0.05, 0) is 102 Å². The van der Waals surface area contributed by atoms with Gasteiger partial charge in [0.25, 0.3) is 5.91 Å². The van der Waals surface area contributed by atoms with Crippen molar-refractivity contribution in [3.05, 3.63) is 58.8 Å². The first-order valence-electron chi connectivity index (χ1n) is 14.4. The first-order valence-corrected chi connectivity index (χ1v) is 14.4. The van der Waals surface area contributed by atoms with Crippen molar-refractivity contribution in [3.8, 4) is 16.9 Å². The molecule has 0 aliphatic heterocycles. The summed E-state index contributed by atoms with van der Waals surface area (Å²) in [7, 11) is 5.95. The maximum Gasteiger partial charge on any atom is 0.251 e. The fourth-order valence-electron chi connectivity index (χ4n) is 5.58. The van der Waals surface area contributed by atoms with Gasteiger partial charge in [-0.1, -0.05) is 12.1 Å². The molecule has 1 saturated carbocycles. The Morgan fingerprint density at radius 1 is 0.976 bits per heavy atom. The summed E-state index contributed by atoms with van der Waals surface area (Å²) < 4.78 is 10.8. The molecule has 5 N–H and O–H groups in total. The highest BCUT2D eigenvalue weighted by Crippen LogP contribution is 2.36. The average Bonchev–Trinajstić information content (AvgIpc) is 2.94. The zero-order chi connectivity index (χ0) is 30.1. The van der Waals surface area contributed by atoms with Gasteiger partial charge < -0.3 is 36.1 Å². The van der Waals surface area contributed by atoms with Crippen molar-refractivity contribution < 1.29 is 19.1 Å². The number of primary amides is 1. The second-order valence-electron chi connectivity index (χ2n) is 11.0. The van der Waals surface area contributed by atoms with Crippen LogP contribution in [0.2, 0.25) is 0 Å². The van der Waals surface area contributed by atoms with Crippen molar-refractivity contribution in [2.75, 3.05) is 52.4 Å². The van der Waals surface area contributed by atoms with E-state index in [1.165, 1.54) is 0 Å². The maximum absolute atomic E-state index is 13.6. The third kappa shape index (κ3) is 8.24. The van der Waals surface area contributed by atoms with Crippen molar-refractivity contribution in [2.45, 2.75) is 58.5 Å². The van der Waals surface area contributed by atoms with Crippen molar-refractivity contribution in [2.24, 2.45) is 11.5 Å². The van der Waals surface area contributed by atoms with Crippen LogP contribution >= 0.6 is 0 Å². The van der Waals surface area contributed by atoms with Crippen molar-refractivity contribution in [1.82, 2.24) is 10.2 Å². The van der Waals surface area contributed by atoms with Gasteiger partial charge in [0.05, 0.1) is 18.7 Å². The van der Waals surface area contributed by atoms with Crippen LogP contribution in [0, 0.1) is 6.92 Å². The molecule has 0 heterocycles. The van der Waals surface area contributed by atoms with E-state index in [9.17, 15) is 9.59 Å². The van der Waals surface area contributed by atoms with E-state index in [1.54, 1.807) is 14.0 Å². The minimum absolute atomic E-state index is 0.0327. The molecule has 2 amide bonds. The molecule has 0 aromatic heterocycles. The molecule has 1 aliphatic carbocycles. The number of hydrogen-bond donors (Lipinski definition) is 3. The monoisotopic (exact) mass is 565 g/mol. The molecule has 0 radical (unpaired) electrons. The van der Waals surface area contributed by atoms with E-state index in [0.29, 0.717) is 36.6 Å². The summed E-state index contributed by atoms with van der Waals surface area (Å²) >= 11 is 0.